The molecule has 2 aliphatic rings. The quantitative estimate of drug-likeness (QED) is 0.459. The van der Waals surface area contributed by atoms with Gasteiger partial charge in [-0.1, -0.05) is 61.9 Å². The van der Waals surface area contributed by atoms with E-state index in [2.05, 4.69) is 34.9 Å². The van der Waals surface area contributed by atoms with Crippen LogP contribution in [0, 0.1) is 11.8 Å². The van der Waals surface area contributed by atoms with Crippen LogP contribution in [0.25, 0.3) is 11.1 Å². The number of fused-ring (bicyclic) bond motifs is 3. The first kappa shape index (κ1) is 24.8. The number of rotatable bonds is 10. The summed E-state index contributed by atoms with van der Waals surface area (Å²) in [5.74, 6) is -0.903. The minimum absolute atomic E-state index is 0.000981. The fourth-order valence-electron chi connectivity index (χ4n) is 5.33. The Kier molecular flexibility index (Phi) is 8.06. The van der Waals surface area contributed by atoms with Crippen LogP contribution in [-0.2, 0) is 14.3 Å². The van der Waals surface area contributed by atoms with Crippen molar-refractivity contribution in [2.24, 2.45) is 11.8 Å². The molecule has 35 heavy (non-hydrogen) atoms. The van der Waals surface area contributed by atoms with Crippen molar-refractivity contribution in [3.8, 4) is 11.1 Å². The third kappa shape index (κ3) is 6.02. The van der Waals surface area contributed by atoms with Crippen LogP contribution in [0.2, 0.25) is 0 Å². The molecule has 3 atom stereocenters. The van der Waals surface area contributed by atoms with Crippen LogP contribution in [0.4, 0.5) is 4.79 Å². The highest BCUT2D eigenvalue weighted by Gasteiger charge is 2.35. The number of amides is 2. The van der Waals surface area contributed by atoms with Crippen molar-refractivity contribution in [1.82, 2.24) is 10.6 Å². The second-order valence-electron chi connectivity index (χ2n) is 9.73. The summed E-state index contributed by atoms with van der Waals surface area (Å²) in [5.41, 5.74) is 4.69. The van der Waals surface area contributed by atoms with Crippen molar-refractivity contribution in [3.05, 3.63) is 59.7 Å². The van der Waals surface area contributed by atoms with Crippen molar-refractivity contribution >= 4 is 18.0 Å². The maximum Gasteiger partial charge on any atom is 0.407 e. The van der Waals surface area contributed by atoms with E-state index in [0.29, 0.717) is 13.0 Å². The SMILES string of the molecule is CC(CCNC(=O)[C@@H]1CCC[C@@H]1NC(=O)OCC1c2ccccc2-c2ccccc21)CCC(=O)O. The third-order valence-corrected chi connectivity index (χ3v) is 7.29. The summed E-state index contributed by atoms with van der Waals surface area (Å²) in [6.45, 7) is 2.75. The Bertz CT molecular complexity index is 1020. The van der Waals surface area contributed by atoms with Crippen LogP contribution in [0.1, 0.15) is 62.5 Å². The zero-order valence-corrected chi connectivity index (χ0v) is 20.2. The monoisotopic (exact) mass is 478 g/mol. The van der Waals surface area contributed by atoms with Crippen LogP contribution in [-0.4, -0.2) is 42.3 Å². The van der Waals surface area contributed by atoms with Gasteiger partial charge in [0.1, 0.15) is 6.61 Å². The van der Waals surface area contributed by atoms with Crippen molar-refractivity contribution in [2.45, 2.75) is 57.4 Å². The van der Waals surface area contributed by atoms with Crippen LogP contribution in [0.5, 0.6) is 0 Å². The van der Waals surface area contributed by atoms with Crippen molar-refractivity contribution < 1.29 is 24.2 Å². The number of carboxylic acids is 1. The standard InChI is InChI=1S/C28H34N2O5/c1-18(13-14-26(31)32)15-16-29-27(33)23-11-6-12-25(23)30-28(34)35-17-24-21-9-4-2-7-19(21)20-8-3-5-10-22(20)24/h2-5,7-10,18,23-25H,6,11-17H2,1H3,(H,29,33)(H,30,34)(H,31,32)/t18?,23-,25+/m1/s1. The summed E-state index contributed by atoms with van der Waals surface area (Å²) in [6.07, 6.45) is 3.34. The number of hydrogen-bond donors (Lipinski definition) is 3. The molecule has 186 valence electrons. The molecule has 0 aromatic heterocycles. The molecule has 0 saturated heterocycles. The van der Waals surface area contributed by atoms with Crippen molar-refractivity contribution in [2.75, 3.05) is 13.2 Å². The van der Waals surface area contributed by atoms with E-state index in [4.69, 9.17) is 9.84 Å². The molecule has 1 fully saturated rings. The largest absolute Gasteiger partial charge is 0.481 e. The van der Waals surface area contributed by atoms with Crippen LogP contribution in [0.3, 0.4) is 0 Å². The highest BCUT2D eigenvalue weighted by molar-refractivity contribution is 5.81. The second-order valence-corrected chi connectivity index (χ2v) is 9.73. The lowest BCUT2D eigenvalue weighted by atomic mass is 9.98. The van der Waals surface area contributed by atoms with Gasteiger partial charge >= 0.3 is 12.1 Å². The fourth-order valence-corrected chi connectivity index (χ4v) is 5.33. The number of benzene rings is 2. The van der Waals surface area contributed by atoms with Gasteiger partial charge in [0.05, 0.1) is 5.92 Å². The van der Waals surface area contributed by atoms with Gasteiger partial charge in [0, 0.05) is 24.9 Å². The van der Waals surface area contributed by atoms with E-state index < -0.39 is 12.1 Å². The summed E-state index contributed by atoms with van der Waals surface area (Å²) in [4.78, 5) is 36.1. The first-order valence-electron chi connectivity index (χ1n) is 12.5. The first-order chi connectivity index (χ1) is 16.9. The Morgan fingerprint density at radius 1 is 1.00 bits per heavy atom. The maximum atomic E-state index is 12.7. The van der Waals surface area contributed by atoms with Gasteiger partial charge in [0.15, 0.2) is 0 Å². The summed E-state index contributed by atoms with van der Waals surface area (Å²) < 4.78 is 5.66. The zero-order chi connectivity index (χ0) is 24.8. The summed E-state index contributed by atoms with van der Waals surface area (Å²) in [5, 5.41) is 14.7. The van der Waals surface area contributed by atoms with Gasteiger partial charge in [-0.15, -0.1) is 0 Å². The topological polar surface area (TPSA) is 105 Å². The average molecular weight is 479 g/mol. The molecule has 7 nitrogen and oxygen atoms in total. The van der Waals surface area contributed by atoms with Crippen molar-refractivity contribution in [3.63, 3.8) is 0 Å². The van der Waals surface area contributed by atoms with Gasteiger partial charge in [-0.05, 0) is 53.9 Å². The molecule has 0 spiro atoms. The summed E-state index contributed by atoms with van der Waals surface area (Å²) >= 11 is 0. The number of alkyl carbamates (subject to hydrolysis) is 1. The molecule has 3 N–H and O–H groups in total. The Balaban J connectivity index is 1.26. The molecule has 4 rings (SSSR count). The highest BCUT2D eigenvalue weighted by atomic mass is 16.5. The van der Waals surface area contributed by atoms with E-state index in [0.717, 1.165) is 36.8 Å². The molecular weight excluding hydrogens is 444 g/mol. The predicted molar refractivity (Wildman–Crippen MR) is 133 cm³/mol. The number of carboxylic acid groups (broad SMARTS) is 1. The number of carbonyl (C=O) groups is 3. The van der Waals surface area contributed by atoms with E-state index in [-0.39, 0.29) is 42.7 Å². The van der Waals surface area contributed by atoms with Crippen LogP contribution >= 0.6 is 0 Å². The zero-order valence-electron chi connectivity index (χ0n) is 20.2. The fraction of sp³-hybridized carbons (Fsp3) is 0.464. The Morgan fingerprint density at radius 3 is 2.31 bits per heavy atom. The molecule has 2 aromatic rings. The molecule has 1 unspecified atom stereocenters. The number of nitrogens with one attached hydrogen (secondary N) is 2. The van der Waals surface area contributed by atoms with Crippen LogP contribution < -0.4 is 10.6 Å². The van der Waals surface area contributed by atoms with E-state index in [1.54, 1.807) is 0 Å². The van der Waals surface area contributed by atoms with Gasteiger partial charge in [0.25, 0.3) is 0 Å². The lowest BCUT2D eigenvalue weighted by Gasteiger charge is -2.21. The van der Waals surface area contributed by atoms with E-state index >= 15 is 0 Å². The summed E-state index contributed by atoms with van der Waals surface area (Å²) in [6, 6.07) is 16.2. The number of aliphatic carboxylic acids is 1. The smallest absolute Gasteiger partial charge is 0.407 e. The molecule has 0 bridgehead atoms. The minimum atomic E-state index is -0.797. The Hall–Kier alpha value is -3.35. The number of ether oxygens (including phenoxy) is 1. The van der Waals surface area contributed by atoms with Crippen LogP contribution in [0.15, 0.2) is 48.5 Å². The minimum Gasteiger partial charge on any atom is -0.481 e. The van der Waals surface area contributed by atoms with Gasteiger partial charge in [-0.25, -0.2) is 4.79 Å². The second kappa shape index (κ2) is 11.4. The molecule has 2 aliphatic carbocycles. The average Bonchev–Trinajstić information content (AvgIpc) is 3.44. The van der Waals surface area contributed by atoms with E-state index in [9.17, 15) is 14.4 Å². The highest BCUT2D eigenvalue weighted by Crippen LogP contribution is 2.44. The lowest BCUT2D eigenvalue weighted by molar-refractivity contribution is -0.137. The summed E-state index contributed by atoms with van der Waals surface area (Å²) in [7, 11) is 0. The molecule has 0 aliphatic heterocycles. The molecule has 0 heterocycles. The van der Waals surface area contributed by atoms with Crippen molar-refractivity contribution in [1.29, 1.82) is 0 Å². The molecule has 2 aromatic carbocycles. The molecular formula is C28H34N2O5. The Morgan fingerprint density at radius 2 is 1.66 bits per heavy atom. The van der Waals surface area contributed by atoms with Gasteiger partial charge < -0.3 is 20.5 Å². The van der Waals surface area contributed by atoms with Gasteiger partial charge in [-0.3, -0.25) is 9.59 Å². The van der Waals surface area contributed by atoms with Gasteiger partial charge in [0.2, 0.25) is 5.91 Å². The molecule has 7 heteroatoms. The number of hydrogen-bond acceptors (Lipinski definition) is 4. The molecule has 1 saturated carbocycles. The lowest BCUT2D eigenvalue weighted by Crippen LogP contribution is -2.44. The molecule has 0 radical (unpaired) electrons. The third-order valence-electron chi connectivity index (χ3n) is 7.29. The number of carbonyl (C=O) groups excluding carboxylic acids is 2. The first-order valence-corrected chi connectivity index (χ1v) is 12.5. The predicted octanol–water partition coefficient (Wildman–Crippen LogP) is 4.70. The Labute approximate surface area is 206 Å². The molecule has 2 amide bonds. The maximum absolute atomic E-state index is 12.7. The van der Waals surface area contributed by atoms with Gasteiger partial charge in [-0.2, -0.15) is 0 Å². The van der Waals surface area contributed by atoms with E-state index in [1.165, 1.54) is 11.1 Å². The van der Waals surface area contributed by atoms with E-state index in [1.807, 2.05) is 31.2 Å². The normalized spacial score (nSPS) is 19.5.